The van der Waals surface area contributed by atoms with E-state index >= 15 is 8.78 Å². The van der Waals surface area contributed by atoms with Gasteiger partial charge in [-0.15, -0.1) is 0 Å². The minimum Gasteiger partial charge on any atom is -0.478 e. The maximum Gasteiger partial charge on any atom is 0.335 e. The summed E-state index contributed by atoms with van der Waals surface area (Å²) in [6.45, 7) is 1.54. The molecule has 1 aliphatic rings. The van der Waals surface area contributed by atoms with Crippen LogP contribution in [0.5, 0.6) is 6.01 Å². The summed E-state index contributed by atoms with van der Waals surface area (Å²) in [6.07, 6.45) is 0.761. The molecule has 8 nitrogen and oxygen atoms in total. The van der Waals surface area contributed by atoms with Crippen LogP contribution >= 0.6 is 0 Å². The average molecular weight is 629 g/mol. The summed E-state index contributed by atoms with van der Waals surface area (Å²) in [6, 6.07) is 5.02. The molecule has 0 radical (unpaired) electrons. The Morgan fingerprint density at radius 1 is 0.933 bits per heavy atom. The van der Waals surface area contributed by atoms with Crippen molar-refractivity contribution in [2.45, 2.75) is 39.0 Å². The fourth-order valence-corrected chi connectivity index (χ4v) is 4.95. The lowest BCUT2D eigenvalue weighted by Gasteiger charge is -2.27. The fourth-order valence-electron chi connectivity index (χ4n) is 4.95. The zero-order valence-corrected chi connectivity index (χ0v) is 23.4. The molecule has 0 saturated carbocycles. The SMILES string of the molecule is Cc1cc(F)c(COc2ncc(F)c(-c3cc(F)c(Cc4nc5c(F)cc(C(=O)O)cc5n4CC4CCO4)cc3F)n2)cc1F. The Hall–Kier alpha value is -4.98. The van der Waals surface area contributed by atoms with Crippen molar-refractivity contribution in [2.24, 2.45) is 0 Å². The van der Waals surface area contributed by atoms with Crippen LogP contribution in [-0.2, 0) is 24.3 Å². The zero-order valence-electron chi connectivity index (χ0n) is 23.4. The molecular weight excluding hydrogens is 606 g/mol. The first-order valence-electron chi connectivity index (χ1n) is 13.6. The van der Waals surface area contributed by atoms with Crippen LogP contribution in [0.2, 0.25) is 0 Å². The van der Waals surface area contributed by atoms with Crippen molar-refractivity contribution in [1.29, 1.82) is 0 Å². The molecular formula is C31H22F6N4O4. The summed E-state index contributed by atoms with van der Waals surface area (Å²) in [7, 11) is 0. The van der Waals surface area contributed by atoms with Crippen LogP contribution < -0.4 is 4.74 Å². The second kappa shape index (κ2) is 11.8. The van der Waals surface area contributed by atoms with Crippen LogP contribution in [0.4, 0.5) is 26.3 Å². The topological polar surface area (TPSA) is 99.4 Å². The molecule has 0 aliphatic carbocycles. The minimum atomic E-state index is -1.35. The Morgan fingerprint density at radius 3 is 2.38 bits per heavy atom. The van der Waals surface area contributed by atoms with Gasteiger partial charge in [0, 0.05) is 24.2 Å². The number of halogens is 6. The van der Waals surface area contributed by atoms with Crippen molar-refractivity contribution >= 4 is 17.0 Å². The summed E-state index contributed by atoms with van der Waals surface area (Å²) in [5, 5.41) is 9.39. The maximum atomic E-state index is 15.4. The van der Waals surface area contributed by atoms with E-state index in [0.29, 0.717) is 19.2 Å². The molecule has 2 aromatic heterocycles. The Bertz CT molecular complexity index is 1980. The van der Waals surface area contributed by atoms with Gasteiger partial charge in [0.05, 0.1) is 29.9 Å². The van der Waals surface area contributed by atoms with Gasteiger partial charge in [-0.05, 0) is 60.9 Å². The number of imidazole rings is 1. The highest BCUT2D eigenvalue weighted by atomic mass is 19.1. The molecule has 1 N–H and O–H groups in total. The first-order valence-corrected chi connectivity index (χ1v) is 13.6. The summed E-state index contributed by atoms with van der Waals surface area (Å²) in [5.41, 5.74) is -1.79. The van der Waals surface area contributed by atoms with Gasteiger partial charge in [0.1, 0.15) is 46.9 Å². The van der Waals surface area contributed by atoms with E-state index in [1.54, 1.807) is 0 Å². The van der Waals surface area contributed by atoms with Gasteiger partial charge in [-0.2, -0.15) is 4.98 Å². The highest BCUT2D eigenvalue weighted by Crippen LogP contribution is 2.30. The molecule has 0 spiro atoms. The minimum absolute atomic E-state index is 0.0848. The third-order valence-corrected chi connectivity index (χ3v) is 7.46. The van der Waals surface area contributed by atoms with E-state index in [1.165, 1.54) is 17.6 Å². The van der Waals surface area contributed by atoms with Gasteiger partial charge in [0.25, 0.3) is 0 Å². The Balaban J connectivity index is 1.31. The highest BCUT2D eigenvalue weighted by Gasteiger charge is 2.25. The number of fused-ring (bicyclic) bond motifs is 1. The highest BCUT2D eigenvalue weighted by molar-refractivity contribution is 5.92. The number of hydrogen-bond donors (Lipinski definition) is 1. The number of aromatic carboxylic acids is 1. The Kier molecular flexibility index (Phi) is 7.91. The second-order valence-corrected chi connectivity index (χ2v) is 10.5. The smallest absolute Gasteiger partial charge is 0.335 e. The van der Waals surface area contributed by atoms with E-state index < -0.39 is 64.7 Å². The lowest BCUT2D eigenvalue weighted by Crippen LogP contribution is -2.31. The standard InChI is InChI=1S/C31H22F6N4O4/c1-14-4-21(33)17(7-20(14)32)13-45-31-38-11-25(37)28(40-31)19-10-22(34)15(5-23(19)35)9-27-39-29-24(36)6-16(30(42)43)8-26(29)41(27)12-18-2-3-44-18/h4-8,10-11,18H,2-3,9,12-13H2,1H3,(H,42,43). The number of aromatic nitrogens is 4. The largest absolute Gasteiger partial charge is 0.478 e. The molecule has 0 bridgehead atoms. The van der Waals surface area contributed by atoms with Crippen molar-refractivity contribution in [3.8, 4) is 17.3 Å². The molecule has 1 aliphatic heterocycles. The van der Waals surface area contributed by atoms with E-state index in [9.17, 15) is 27.5 Å². The predicted octanol–water partition coefficient (Wildman–Crippen LogP) is 6.29. The van der Waals surface area contributed by atoms with E-state index in [2.05, 4.69) is 15.0 Å². The monoisotopic (exact) mass is 628 g/mol. The Morgan fingerprint density at radius 2 is 1.67 bits per heavy atom. The third kappa shape index (κ3) is 5.92. The van der Waals surface area contributed by atoms with Gasteiger partial charge >= 0.3 is 12.0 Å². The number of aryl methyl sites for hydroxylation is 1. The Labute approximate surface area is 250 Å². The van der Waals surface area contributed by atoms with Crippen molar-refractivity contribution in [3.05, 3.63) is 106 Å². The number of carboxylic acids is 1. The van der Waals surface area contributed by atoms with E-state index in [-0.39, 0.29) is 58.2 Å². The van der Waals surface area contributed by atoms with Crippen molar-refractivity contribution in [2.75, 3.05) is 6.61 Å². The van der Waals surface area contributed by atoms with Gasteiger partial charge < -0.3 is 19.1 Å². The van der Waals surface area contributed by atoms with Crippen molar-refractivity contribution < 1.29 is 45.7 Å². The van der Waals surface area contributed by atoms with E-state index in [1.807, 2.05) is 0 Å². The average Bonchev–Trinajstić information content (AvgIpc) is 3.31. The summed E-state index contributed by atoms with van der Waals surface area (Å²) in [4.78, 5) is 23.2. The van der Waals surface area contributed by atoms with Crippen molar-refractivity contribution in [1.82, 2.24) is 19.5 Å². The van der Waals surface area contributed by atoms with Crippen LogP contribution in [0.25, 0.3) is 22.3 Å². The van der Waals surface area contributed by atoms with Crippen LogP contribution in [0, 0.1) is 41.8 Å². The number of carbonyl (C=O) groups is 1. The van der Waals surface area contributed by atoms with Gasteiger partial charge in [0.15, 0.2) is 11.6 Å². The zero-order chi connectivity index (χ0) is 32.0. The van der Waals surface area contributed by atoms with Crippen LogP contribution in [0.15, 0.2) is 42.6 Å². The van der Waals surface area contributed by atoms with Crippen LogP contribution in [-0.4, -0.2) is 43.3 Å². The predicted molar refractivity (Wildman–Crippen MR) is 147 cm³/mol. The summed E-state index contributed by atoms with van der Waals surface area (Å²) < 4.78 is 101. The molecule has 45 heavy (non-hydrogen) atoms. The van der Waals surface area contributed by atoms with Crippen molar-refractivity contribution in [3.63, 3.8) is 0 Å². The van der Waals surface area contributed by atoms with E-state index in [4.69, 9.17) is 9.47 Å². The van der Waals surface area contributed by atoms with Gasteiger partial charge in [-0.1, -0.05) is 0 Å². The quantitative estimate of drug-likeness (QED) is 0.192. The summed E-state index contributed by atoms with van der Waals surface area (Å²) in [5.74, 6) is -6.68. The molecule has 3 aromatic carbocycles. The molecule has 1 atom stereocenters. The van der Waals surface area contributed by atoms with Gasteiger partial charge in [-0.25, -0.2) is 41.1 Å². The molecule has 14 heteroatoms. The number of rotatable bonds is 9. The lowest BCUT2D eigenvalue weighted by atomic mass is 10.0. The van der Waals surface area contributed by atoms with Crippen LogP contribution in [0.1, 0.15) is 39.3 Å². The maximum absolute atomic E-state index is 15.4. The molecule has 5 aromatic rings. The second-order valence-electron chi connectivity index (χ2n) is 10.5. The normalized spacial score (nSPS) is 14.5. The number of carboxylic acid groups (broad SMARTS) is 1. The molecule has 232 valence electrons. The number of ether oxygens (including phenoxy) is 2. The van der Waals surface area contributed by atoms with Gasteiger partial charge in [-0.3, -0.25) is 0 Å². The number of hydrogen-bond acceptors (Lipinski definition) is 6. The number of nitrogens with zero attached hydrogens (tertiary/aromatic N) is 4. The summed E-state index contributed by atoms with van der Waals surface area (Å²) >= 11 is 0. The molecule has 0 amide bonds. The fraction of sp³-hybridized carbons (Fsp3) is 0.226. The van der Waals surface area contributed by atoms with Gasteiger partial charge in [0.2, 0.25) is 0 Å². The first-order chi connectivity index (χ1) is 21.5. The lowest BCUT2D eigenvalue weighted by molar-refractivity contribution is -0.0589. The van der Waals surface area contributed by atoms with E-state index in [0.717, 1.165) is 30.3 Å². The molecule has 1 unspecified atom stereocenters. The first kappa shape index (κ1) is 30.1. The van der Waals surface area contributed by atoms with Crippen LogP contribution in [0.3, 0.4) is 0 Å². The number of benzene rings is 3. The molecule has 3 heterocycles. The molecule has 1 saturated heterocycles. The molecule has 6 rings (SSSR count). The molecule has 1 fully saturated rings. The third-order valence-electron chi connectivity index (χ3n) is 7.46.